The molecule has 0 fully saturated rings. The van der Waals surface area contributed by atoms with Gasteiger partial charge in [-0.05, 0) is 18.1 Å². The van der Waals surface area contributed by atoms with E-state index in [1.54, 1.807) is 12.3 Å². The van der Waals surface area contributed by atoms with Crippen LogP contribution in [0.2, 0.25) is 0 Å². The molecule has 7 heteroatoms. The standard InChI is InChI=1S/C13H17N3O2S2/c1-10-15-7-13(19-10)8-16-20(17,18)9-12-4-2-3-11(5-12)6-14/h2-5,7,16H,6,8-9,14H2,1H3. The van der Waals surface area contributed by atoms with Gasteiger partial charge in [-0.15, -0.1) is 11.3 Å². The van der Waals surface area contributed by atoms with Crippen LogP contribution in [0.15, 0.2) is 30.5 Å². The molecule has 0 spiro atoms. The number of aromatic nitrogens is 1. The van der Waals surface area contributed by atoms with Crippen molar-refractivity contribution in [3.63, 3.8) is 0 Å². The van der Waals surface area contributed by atoms with Gasteiger partial charge in [-0.2, -0.15) is 0 Å². The summed E-state index contributed by atoms with van der Waals surface area (Å²) in [6.07, 6.45) is 1.69. The van der Waals surface area contributed by atoms with E-state index >= 15 is 0 Å². The van der Waals surface area contributed by atoms with Crippen molar-refractivity contribution in [3.05, 3.63) is 51.5 Å². The molecule has 1 aromatic heterocycles. The van der Waals surface area contributed by atoms with Crippen LogP contribution in [0, 0.1) is 6.92 Å². The summed E-state index contributed by atoms with van der Waals surface area (Å²) in [5, 5.41) is 0.926. The Morgan fingerprint density at radius 3 is 2.75 bits per heavy atom. The molecule has 5 nitrogen and oxygen atoms in total. The maximum absolute atomic E-state index is 12.0. The monoisotopic (exact) mass is 311 g/mol. The van der Waals surface area contributed by atoms with E-state index < -0.39 is 10.0 Å². The third kappa shape index (κ3) is 4.38. The van der Waals surface area contributed by atoms with E-state index in [2.05, 4.69) is 9.71 Å². The summed E-state index contributed by atoms with van der Waals surface area (Å²) in [6, 6.07) is 7.30. The molecule has 0 saturated heterocycles. The molecule has 0 bridgehead atoms. The molecule has 0 aliphatic rings. The second-order valence-corrected chi connectivity index (χ2v) is 7.58. The van der Waals surface area contributed by atoms with Gasteiger partial charge in [-0.3, -0.25) is 0 Å². The molecule has 0 aliphatic carbocycles. The highest BCUT2D eigenvalue weighted by Crippen LogP contribution is 2.12. The lowest BCUT2D eigenvalue weighted by Gasteiger charge is -2.06. The van der Waals surface area contributed by atoms with Crippen molar-refractivity contribution in [2.75, 3.05) is 0 Å². The number of nitrogens with zero attached hydrogens (tertiary/aromatic N) is 1. The van der Waals surface area contributed by atoms with E-state index in [0.717, 1.165) is 21.0 Å². The van der Waals surface area contributed by atoms with E-state index in [4.69, 9.17) is 5.73 Å². The molecular formula is C13H17N3O2S2. The Morgan fingerprint density at radius 1 is 1.35 bits per heavy atom. The van der Waals surface area contributed by atoms with Gasteiger partial charge in [0.05, 0.1) is 10.8 Å². The number of aryl methyl sites for hydroxylation is 1. The average molecular weight is 311 g/mol. The van der Waals surface area contributed by atoms with Gasteiger partial charge >= 0.3 is 0 Å². The molecule has 2 rings (SSSR count). The second-order valence-electron chi connectivity index (χ2n) is 4.45. The lowest BCUT2D eigenvalue weighted by molar-refractivity contribution is 0.581. The first-order valence-electron chi connectivity index (χ1n) is 6.15. The molecule has 0 radical (unpaired) electrons. The molecule has 0 unspecified atom stereocenters. The third-order valence-electron chi connectivity index (χ3n) is 2.72. The molecule has 0 atom stereocenters. The Bertz CT molecular complexity index is 680. The van der Waals surface area contributed by atoms with E-state index in [0.29, 0.717) is 6.54 Å². The highest BCUT2D eigenvalue weighted by atomic mass is 32.2. The number of rotatable bonds is 6. The second kappa shape index (κ2) is 6.45. The fourth-order valence-corrected chi connectivity index (χ4v) is 3.71. The minimum absolute atomic E-state index is 0.0430. The first-order chi connectivity index (χ1) is 9.48. The van der Waals surface area contributed by atoms with Crippen LogP contribution in [0.25, 0.3) is 0 Å². The average Bonchev–Trinajstić information content (AvgIpc) is 2.82. The van der Waals surface area contributed by atoms with Crippen LogP contribution >= 0.6 is 11.3 Å². The largest absolute Gasteiger partial charge is 0.326 e. The van der Waals surface area contributed by atoms with E-state index in [1.165, 1.54) is 11.3 Å². The highest BCUT2D eigenvalue weighted by molar-refractivity contribution is 7.88. The molecular weight excluding hydrogens is 294 g/mol. The van der Waals surface area contributed by atoms with Gasteiger partial charge in [0, 0.05) is 24.2 Å². The van der Waals surface area contributed by atoms with Crippen LogP contribution in [0.3, 0.4) is 0 Å². The Labute approximate surface area is 122 Å². The van der Waals surface area contributed by atoms with Crippen molar-refractivity contribution in [2.45, 2.75) is 25.8 Å². The number of benzene rings is 1. The summed E-state index contributed by atoms with van der Waals surface area (Å²) in [5.74, 6) is -0.0430. The summed E-state index contributed by atoms with van der Waals surface area (Å²) in [6.45, 7) is 2.58. The van der Waals surface area contributed by atoms with Gasteiger partial charge in [-0.1, -0.05) is 24.3 Å². The maximum Gasteiger partial charge on any atom is 0.216 e. The molecule has 3 N–H and O–H groups in total. The molecule has 1 aromatic carbocycles. The number of nitrogens with one attached hydrogen (secondary N) is 1. The Balaban J connectivity index is 1.99. The van der Waals surface area contributed by atoms with Crippen molar-refractivity contribution in [2.24, 2.45) is 5.73 Å². The number of sulfonamides is 1. The number of hydrogen-bond donors (Lipinski definition) is 2. The molecule has 0 amide bonds. The van der Waals surface area contributed by atoms with Crippen molar-refractivity contribution in [1.82, 2.24) is 9.71 Å². The van der Waals surface area contributed by atoms with Crippen LogP contribution in [0.4, 0.5) is 0 Å². The molecule has 20 heavy (non-hydrogen) atoms. The first-order valence-corrected chi connectivity index (χ1v) is 8.62. The van der Waals surface area contributed by atoms with Crippen LogP contribution in [-0.2, 0) is 28.9 Å². The van der Waals surface area contributed by atoms with Crippen LogP contribution < -0.4 is 10.5 Å². The summed E-state index contributed by atoms with van der Waals surface area (Å²) in [7, 11) is -3.36. The smallest absolute Gasteiger partial charge is 0.216 e. The SMILES string of the molecule is Cc1ncc(CNS(=O)(=O)Cc2cccc(CN)c2)s1. The molecule has 108 valence electrons. The highest BCUT2D eigenvalue weighted by Gasteiger charge is 2.12. The zero-order valence-electron chi connectivity index (χ0n) is 11.2. The summed E-state index contributed by atoms with van der Waals surface area (Å²) in [5.41, 5.74) is 7.21. The lowest BCUT2D eigenvalue weighted by atomic mass is 10.1. The molecule has 0 saturated carbocycles. The van der Waals surface area contributed by atoms with Gasteiger partial charge in [0.25, 0.3) is 0 Å². The van der Waals surface area contributed by atoms with Gasteiger partial charge in [-0.25, -0.2) is 18.1 Å². The van der Waals surface area contributed by atoms with E-state index in [-0.39, 0.29) is 12.3 Å². The minimum atomic E-state index is -3.36. The first kappa shape index (κ1) is 15.1. The third-order valence-corrected chi connectivity index (χ3v) is 4.93. The predicted molar refractivity (Wildman–Crippen MR) is 80.6 cm³/mol. The fourth-order valence-electron chi connectivity index (χ4n) is 1.78. The van der Waals surface area contributed by atoms with Crippen molar-refractivity contribution in [1.29, 1.82) is 0 Å². The van der Waals surface area contributed by atoms with E-state index in [1.807, 2.05) is 25.1 Å². The van der Waals surface area contributed by atoms with Gasteiger partial charge in [0.15, 0.2) is 0 Å². The van der Waals surface area contributed by atoms with Crippen LogP contribution in [-0.4, -0.2) is 13.4 Å². The van der Waals surface area contributed by atoms with Crippen molar-refractivity contribution in [3.8, 4) is 0 Å². The predicted octanol–water partition coefficient (Wildman–Crippen LogP) is 1.53. The van der Waals surface area contributed by atoms with Gasteiger partial charge in [0.2, 0.25) is 10.0 Å². The number of nitrogens with two attached hydrogens (primary N) is 1. The Morgan fingerprint density at radius 2 is 2.10 bits per heavy atom. The lowest BCUT2D eigenvalue weighted by Crippen LogP contribution is -2.24. The quantitative estimate of drug-likeness (QED) is 0.847. The Kier molecular flexibility index (Phi) is 4.87. The van der Waals surface area contributed by atoms with Gasteiger partial charge < -0.3 is 5.73 Å². The summed E-state index contributed by atoms with van der Waals surface area (Å²) < 4.78 is 26.6. The molecule has 2 aromatic rings. The zero-order chi connectivity index (χ0) is 14.6. The van der Waals surface area contributed by atoms with Crippen LogP contribution in [0.1, 0.15) is 21.0 Å². The summed E-state index contributed by atoms with van der Waals surface area (Å²) >= 11 is 1.49. The normalized spacial score (nSPS) is 11.7. The molecule has 1 heterocycles. The van der Waals surface area contributed by atoms with Crippen molar-refractivity contribution >= 4 is 21.4 Å². The number of hydrogen-bond acceptors (Lipinski definition) is 5. The summed E-state index contributed by atoms with van der Waals surface area (Å²) in [4.78, 5) is 5.00. The maximum atomic E-state index is 12.0. The minimum Gasteiger partial charge on any atom is -0.326 e. The zero-order valence-corrected chi connectivity index (χ0v) is 12.8. The van der Waals surface area contributed by atoms with Crippen LogP contribution in [0.5, 0.6) is 0 Å². The molecule has 0 aliphatic heterocycles. The van der Waals surface area contributed by atoms with Crippen molar-refractivity contribution < 1.29 is 8.42 Å². The van der Waals surface area contributed by atoms with Gasteiger partial charge in [0.1, 0.15) is 0 Å². The Hall–Kier alpha value is -1.28. The van der Waals surface area contributed by atoms with E-state index in [9.17, 15) is 8.42 Å². The fraction of sp³-hybridized carbons (Fsp3) is 0.308. The topological polar surface area (TPSA) is 85.1 Å². The number of thiazole rings is 1.